The van der Waals surface area contributed by atoms with Crippen molar-refractivity contribution in [3.05, 3.63) is 47.5 Å². The van der Waals surface area contributed by atoms with Crippen molar-refractivity contribution >= 4 is 5.78 Å². The van der Waals surface area contributed by atoms with Crippen LogP contribution in [0.1, 0.15) is 43.6 Å². The van der Waals surface area contributed by atoms with Gasteiger partial charge in [-0.25, -0.2) is 0 Å². The Balaban J connectivity index is 1.68. The van der Waals surface area contributed by atoms with Gasteiger partial charge in [0.15, 0.2) is 5.78 Å². The van der Waals surface area contributed by atoms with Crippen LogP contribution < -0.4 is 9.47 Å². The Kier molecular flexibility index (Phi) is 8.50. The Morgan fingerprint density at radius 2 is 1.23 bits per heavy atom. The zero-order valence-corrected chi connectivity index (χ0v) is 19.4. The van der Waals surface area contributed by atoms with Gasteiger partial charge in [0.1, 0.15) is 24.7 Å². The number of hydrogen-bond donors (Lipinski definition) is 0. The molecule has 31 heavy (non-hydrogen) atoms. The molecular weight excluding hydrogens is 388 g/mol. The fraction of sp³-hybridized carbons (Fsp3) is 0.500. The molecule has 0 bridgehead atoms. The summed E-state index contributed by atoms with van der Waals surface area (Å²) in [7, 11) is 0. The number of rotatable bonds is 12. The molecule has 5 heteroatoms. The lowest BCUT2D eigenvalue weighted by Crippen LogP contribution is -2.28. The summed E-state index contributed by atoms with van der Waals surface area (Å²) in [6.45, 7) is 15.8. The summed E-state index contributed by atoms with van der Waals surface area (Å²) in [6, 6.07) is 12.0. The number of likely N-dealkylation sites (N-methyl/N-ethyl adjacent to an activating group) is 2. The molecule has 0 aliphatic heterocycles. The van der Waals surface area contributed by atoms with Crippen LogP contribution in [0.4, 0.5) is 0 Å². The van der Waals surface area contributed by atoms with Crippen LogP contribution in [0, 0.1) is 0 Å². The summed E-state index contributed by atoms with van der Waals surface area (Å²) < 4.78 is 11.9. The van der Waals surface area contributed by atoms with Crippen LogP contribution in [-0.2, 0) is 6.42 Å². The molecule has 0 unspecified atom stereocenters. The highest BCUT2D eigenvalue weighted by molar-refractivity contribution is 6.07. The van der Waals surface area contributed by atoms with Crippen molar-refractivity contribution in [3.63, 3.8) is 0 Å². The van der Waals surface area contributed by atoms with Crippen molar-refractivity contribution < 1.29 is 14.3 Å². The summed E-state index contributed by atoms with van der Waals surface area (Å²) >= 11 is 0. The average Bonchev–Trinajstić information content (AvgIpc) is 2.79. The number of ketones is 1. The lowest BCUT2D eigenvalue weighted by molar-refractivity contribution is 0.0991. The Labute approximate surface area is 187 Å². The molecule has 0 amide bonds. The van der Waals surface area contributed by atoms with E-state index in [4.69, 9.17) is 9.47 Å². The van der Waals surface area contributed by atoms with Crippen molar-refractivity contribution in [1.29, 1.82) is 0 Å². The number of carbonyl (C=O) groups excluding carboxylic acids is 1. The lowest BCUT2D eigenvalue weighted by Gasteiger charge is -2.22. The number of benzene rings is 2. The van der Waals surface area contributed by atoms with Crippen LogP contribution in [0.3, 0.4) is 0 Å². The molecule has 2 aromatic carbocycles. The molecule has 2 aromatic rings. The van der Waals surface area contributed by atoms with Gasteiger partial charge in [-0.2, -0.15) is 0 Å². The molecule has 1 aliphatic carbocycles. The highest BCUT2D eigenvalue weighted by Gasteiger charge is 2.23. The van der Waals surface area contributed by atoms with Crippen LogP contribution in [0.25, 0.3) is 11.1 Å². The third kappa shape index (κ3) is 5.86. The molecule has 0 heterocycles. The van der Waals surface area contributed by atoms with Gasteiger partial charge in [-0.05, 0) is 73.2 Å². The maximum absolute atomic E-state index is 12.9. The molecule has 0 N–H and O–H groups in total. The molecule has 0 saturated heterocycles. The quantitative estimate of drug-likeness (QED) is 0.501. The van der Waals surface area contributed by atoms with Crippen molar-refractivity contribution in [3.8, 4) is 22.6 Å². The predicted molar refractivity (Wildman–Crippen MR) is 126 cm³/mol. The summed E-state index contributed by atoms with van der Waals surface area (Å²) in [6.07, 6.45) is 0.401. The molecule has 0 fully saturated rings. The van der Waals surface area contributed by atoms with Crippen molar-refractivity contribution in [2.24, 2.45) is 0 Å². The standard InChI is InChI=1S/C26H36N2O3/c1-5-27(6-2)13-15-30-21-9-11-23-20(17-21)18-26(29)25-19-22(10-12-24(23)25)31-16-14-28(7-3)8-4/h9-12,17,19H,5-8,13-16,18H2,1-4H3. The third-order valence-electron chi connectivity index (χ3n) is 6.15. The van der Waals surface area contributed by atoms with Gasteiger partial charge in [0.05, 0.1) is 0 Å². The predicted octanol–water partition coefficient (Wildman–Crippen LogP) is 4.53. The average molecular weight is 425 g/mol. The molecule has 0 saturated carbocycles. The smallest absolute Gasteiger partial charge is 0.168 e. The molecular formula is C26H36N2O3. The molecule has 3 rings (SSSR count). The van der Waals surface area contributed by atoms with E-state index in [1.165, 1.54) is 0 Å². The topological polar surface area (TPSA) is 42.0 Å². The van der Waals surface area contributed by atoms with Gasteiger partial charge in [0.25, 0.3) is 0 Å². The van der Waals surface area contributed by atoms with E-state index < -0.39 is 0 Å². The van der Waals surface area contributed by atoms with E-state index in [0.717, 1.165) is 73.0 Å². The van der Waals surface area contributed by atoms with Gasteiger partial charge in [-0.15, -0.1) is 0 Å². The van der Waals surface area contributed by atoms with E-state index in [0.29, 0.717) is 19.6 Å². The lowest BCUT2D eigenvalue weighted by atomic mass is 9.84. The van der Waals surface area contributed by atoms with Gasteiger partial charge in [-0.1, -0.05) is 33.8 Å². The zero-order valence-electron chi connectivity index (χ0n) is 19.4. The van der Waals surface area contributed by atoms with Gasteiger partial charge in [0.2, 0.25) is 0 Å². The minimum absolute atomic E-state index is 0.136. The molecule has 168 valence electrons. The van der Waals surface area contributed by atoms with E-state index >= 15 is 0 Å². The minimum atomic E-state index is 0.136. The van der Waals surface area contributed by atoms with Crippen LogP contribution in [0.15, 0.2) is 36.4 Å². The van der Waals surface area contributed by atoms with Gasteiger partial charge >= 0.3 is 0 Å². The number of carbonyl (C=O) groups is 1. The van der Waals surface area contributed by atoms with Crippen LogP contribution in [0.5, 0.6) is 11.5 Å². The molecule has 0 radical (unpaired) electrons. The van der Waals surface area contributed by atoms with Gasteiger partial charge < -0.3 is 19.3 Å². The minimum Gasteiger partial charge on any atom is -0.492 e. The van der Waals surface area contributed by atoms with E-state index in [1.54, 1.807) is 0 Å². The summed E-state index contributed by atoms with van der Waals surface area (Å²) in [5.74, 6) is 1.73. The normalized spacial score (nSPS) is 12.8. The van der Waals surface area contributed by atoms with Crippen molar-refractivity contribution in [2.45, 2.75) is 34.1 Å². The second kappa shape index (κ2) is 11.3. The van der Waals surface area contributed by atoms with E-state index in [-0.39, 0.29) is 5.78 Å². The fourth-order valence-corrected chi connectivity index (χ4v) is 4.08. The summed E-state index contributed by atoms with van der Waals surface area (Å²) in [5, 5.41) is 0. The SMILES string of the molecule is CCN(CC)CCOc1ccc2c(c1)CC(=O)c1cc(OCCN(CC)CC)ccc1-2. The zero-order chi connectivity index (χ0) is 22.2. The van der Waals surface area contributed by atoms with Crippen molar-refractivity contribution in [2.75, 3.05) is 52.5 Å². The Morgan fingerprint density at radius 3 is 1.77 bits per heavy atom. The third-order valence-corrected chi connectivity index (χ3v) is 6.15. The molecule has 0 atom stereocenters. The van der Waals surface area contributed by atoms with E-state index in [2.05, 4.69) is 43.6 Å². The molecule has 0 spiro atoms. The van der Waals surface area contributed by atoms with E-state index in [1.807, 2.05) is 30.3 Å². The first-order valence-corrected chi connectivity index (χ1v) is 11.6. The second-order valence-electron chi connectivity index (χ2n) is 7.88. The molecule has 1 aliphatic rings. The molecule has 0 aromatic heterocycles. The highest BCUT2D eigenvalue weighted by atomic mass is 16.5. The van der Waals surface area contributed by atoms with Crippen LogP contribution >= 0.6 is 0 Å². The first kappa shape index (κ1) is 23.3. The monoisotopic (exact) mass is 424 g/mol. The van der Waals surface area contributed by atoms with Crippen LogP contribution in [0.2, 0.25) is 0 Å². The van der Waals surface area contributed by atoms with Crippen LogP contribution in [-0.4, -0.2) is 68.1 Å². The summed E-state index contributed by atoms with van der Waals surface area (Å²) in [4.78, 5) is 17.5. The highest BCUT2D eigenvalue weighted by Crippen LogP contribution is 2.37. The number of Topliss-reactive ketones (excluding diaryl/α,β-unsaturated/α-hetero) is 1. The largest absolute Gasteiger partial charge is 0.492 e. The van der Waals surface area contributed by atoms with E-state index in [9.17, 15) is 4.79 Å². The number of fused-ring (bicyclic) bond motifs is 3. The number of ether oxygens (including phenoxy) is 2. The summed E-state index contributed by atoms with van der Waals surface area (Å²) in [5.41, 5.74) is 3.88. The van der Waals surface area contributed by atoms with Gasteiger partial charge in [-0.3, -0.25) is 4.79 Å². The Hall–Kier alpha value is -2.37. The Bertz CT molecular complexity index is 873. The maximum Gasteiger partial charge on any atom is 0.168 e. The number of hydrogen-bond acceptors (Lipinski definition) is 5. The van der Waals surface area contributed by atoms with Crippen molar-refractivity contribution in [1.82, 2.24) is 9.80 Å². The maximum atomic E-state index is 12.9. The number of nitrogens with zero attached hydrogens (tertiary/aromatic N) is 2. The fourth-order valence-electron chi connectivity index (χ4n) is 4.08. The Morgan fingerprint density at radius 1 is 0.710 bits per heavy atom. The second-order valence-corrected chi connectivity index (χ2v) is 7.88. The molecule has 5 nitrogen and oxygen atoms in total. The first-order valence-electron chi connectivity index (χ1n) is 11.6. The van der Waals surface area contributed by atoms with Gasteiger partial charge in [0, 0.05) is 25.1 Å². The first-order chi connectivity index (χ1) is 15.1.